The van der Waals surface area contributed by atoms with Crippen LogP contribution in [0.4, 0.5) is 5.82 Å². The van der Waals surface area contributed by atoms with Crippen LogP contribution in [0.2, 0.25) is 0 Å². The van der Waals surface area contributed by atoms with Gasteiger partial charge in [0, 0.05) is 30.3 Å². The molecule has 21 heavy (non-hydrogen) atoms. The maximum Gasteiger partial charge on any atom is 0.128 e. The number of pyridine rings is 1. The number of nitrogens with one attached hydrogen (secondary N) is 1. The van der Waals surface area contributed by atoms with E-state index in [9.17, 15) is 0 Å². The van der Waals surface area contributed by atoms with Crippen molar-refractivity contribution >= 4 is 21.7 Å². The highest BCUT2D eigenvalue weighted by atomic mass is 79.9. The van der Waals surface area contributed by atoms with Crippen LogP contribution < -0.4 is 10.2 Å². The summed E-state index contributed by atoms with van der Waals surface area (Å²) >= 11 is 3.46. The number of aromatic nitrogens is 1. The molecule has 0 fully saturated rings. The minimum Gasteiger partial charge on any atom is -0.355 e. The summed E-state index contributed by atoms with van der Waals surface area (Å²) in [5.74, 6) is 1.00. The molecule has 4 heteroatoms. The summed E-state index contributed by atoms with van der Waals surface area (Å²) in [5, 5.41) is 3.43. The molecule has 0 aliphatic carbocycles. The highest BCUT2D eigenvalue weighted by Gasteiger charge is 2.08. The number of anilines is 1. The molecule has 2 aromatic rings. The third-order valence-corrected chi connectivity index (χ3v) is 4.03. The van der Waals surface area contributed by atoms with Crippen LogP contribution in [0.5, 0.6) is 0 Å². The Bertz CT molecular complexity index is 569. The van der Waals surface area contributed by atoms with E-state index in [0.717, 1.165) is 23.4 Å². The third-order valence-electron chi connectivity index (χ3n) is 3.50. The third kappa shape index (κ3) is 4.55. The zero-order chi connectivity index (χ0) is 15.2. The Kier molecular flexibility index (Phi) is 5.76. The monoisotopic (exact) mass is 347 g/mol. The Balaban J connectivity index is 2.10. The Hall–Kier alpha value is -1.39. The van der Waals surface area contributed by atoms with Crippen molar-refractivity contribution < 1.29 is 0 Å². The number of halogens is 1. The van der Waals surface area contributed by atoms with Gasteiger partial charge in [-0.2, -0.15) is 0 Å². The average molecular weight is 348 g/mol. The molecule has 1 N–H and O–H groups in total. The molecule has 0 aliphatic rings. The van der Waals surface area contributed by atoms with Crippen molar-refractivity contribution in [2.75, 3.05) is 18.5 Å². The minimum atomic E-state index is 0.345. The van der Waals surface area contributed by atoms with Gasteiger partial charge < -0.3 is 10.2 Å². The SMILES string of the molecule is CCNC(C)c1ccnc(N(C)Cc2ccc(Br)cc2)c1. The van der Waals surface area contributed by atoms with Crippen LogP contribution in [-0.4, -0.2) is 18.6 Å². The molecular formula is C17H22BrN3. The molecule has 3 nitrogen and oxygen atoms in total. The summed E-state index contributed by atoms with van der Waals surface area (Å²) in [5.41, 5.74) is 2.54. The van der Waals surface area contributed by atoms with Crippen LogP contribution in [0.1, 0.15) is 31.0 Å². The number of nitrogens with zero attached hydrogens (tertiary/aromatic N) is 2. The summed E-state index contributed by atoms with van der Waals surface area (Å²) in [6.45, 7) is 6.11. The summed E-state index contributed by atoms with van der Waals surface area (Å²) in [6, 6.07) is 13.0. The van der Waals surface area contributed by atoms with E-state index in [1.165, 1.54) is 11.1 Å². The first-order valence-corrected chi connectivity index (χ1v) is 8.04. The van der Waals surface area contributed by atoms with Gasteiger partial charge in [-0.1, -0.05) is 35.0 Å². The largest absolute Gasteiger partial charge is 0.355 e. The van der Waals surface area contributed by atoms with E-state index in [1.807, 2.05) is 6.20 Å². The summed E-state index contributed by atoms with van der Waals surface area (Å²) in [6.07, 6.45) is 1.89. The predicted octanol–water partition coefficient (Wildman–Crippen LogP) is 4.15. The van der Waals surface area contributed by atoms with Crippen LogP contribution in [0.15, 0.2) is 47.1 Å². The molecule has 0 amide bonds. The molecule has 1 aromatic carbocycles. The van der Waals surface area contributed by atoms with Gasteiger partial charge in [-0.3, -0.25) is 0 Å². The summed E-state index contributed by atoms with van der Waals surface area (Å²) < 4.78 is 1.11. The van der Waals surface area contributed by atoms with Crippen LogP contribution in [-0.2, 0) is 6.54 Å². The molecule has 0 saturated heterocycles. The smallest absolute Gasteiger partial charge is 0.128 e. The first-order valence-electron chi connectivity index (χ1n) is 7.25. The van der Waals surface area contributed by atoms with Crippen LogP contribution in [0.25, 0.3) is 0 Å². The number of hydrogen-bond donors (Lipinski definition) is 1. The normalized spacial score (nSPS) is 12.2. The van der Waals surface area contributed by atoms with E-state index in [2.05, 4.69) is 88.4 Å². The number of hydrogen-bond acceptors (Lipinski definition) is 3. The van der Waals surface area contributed by atoms with E-state index in [4.69, 9.17) is 0 Å². The molecule has 1 unspecified atom stereocenters. The molecule has 2 rings (SSSR count). The fourth-order valence-corrected chi connectivity index (χ4v) is 2.55. The lowest BCUT2D eigenvalue weighted by Gasteiger charge is -2.20. The van der Waals surface area contributed by atoms with Gasteiger partial charge in [-0.05, 0) is 48.9 Å². The number of rotatable bonds is 6. The second-order valence-corrected chi connectivity index (χ2v) is 6.12. The number of benzene rings is 1. The predicted molar refractivity (Wildman–Crippen MR) is 92.6 cm³/mol. The molecule has 0 spiro atoms. The second kappa shape index (κ2) is 7.57. The van der Waals surface area contributed by atoms with Crippen molar-refractivity contribution in [3.8, 4) is 0 Å². The van der Waals surface area contributed by atoms with Gasteiger partial charge in [0.25, 0.3) is 0 Å². The average Bonchev–Trinajstić information content (AvgIpc) is 2.50. The zero-order valence-electron chi connectivity index (χ0n) is 12.8. The molecule has 1 atom stereocenters. The minimum absolute atomic E-state index is 0.345. The van der Waals surface area contributed by atoms with E-state index in [1.54, 1.807) is 0 Å². The van der Waals surface area contributed by atoms with Crippen LogP contribution in [0, 0.1) is 0 Å². The fourth-order valence-electron chi connectivity index (χ4n) is 2.28. The quantitative estimate of drug-likeness (QED) is 0.850. The van der Waals surface area contributed by atoms with Crippen molar-refractivity contribution in [3.05, 3.63) is 58.2 Å². The van der Waals surface area contributed by atoms with Gasteiger partial charge in [0.1, 0.15) is 5.82 Å². The van der Waals surface area contributed by atoms with Gasteiger partial charge in [0.15, 0.2) is 0 Å². The summed E-state index contributed by atoms with van der Waals surface area (Å²) in [4.78, 5) is 6.66. The standard InChI is InChI=1S/C17H22BrN3/c1-4-19-13(2)15-9-10-20-17(11-15)21(3)12-14-5-7-16(18)8-6-14/h5-11,13,19H,4,12H2,1-3H3. The maximum atomic E-state index is 4.48. The van der Waals surface area contributed by atoms with Gasteiger partial charge in [-0.25, -0.2) is 4.98 Å². The fraction of sp³-hybridized carbons (Fsp3) is 0.353. The highest BCUT2D eigenvalue weighted by molar-refractivity contribution is 9.10. The Morgan fingerprint density at radius 2 is 1.95 bits per heavy atom. The molecule has 1 aromatic heterocycles. The van der Waals surface area contributed by atoms with E-state index in [-0.39, 0.29) is 0 Å². The zero-order valence-corrected chi connectivity index (χ0v) is 14.4. The van der Waals surface area contributed by atoms with E-state index < -0.39 is 0 Å². The molecule has 0 saturated carbocycles. The van der Waals surface area contributed by atoms with Gasteiger partial charge in [0.2, 0.25) is 0 Å². The van der Waals surface area contributed by atoms with Crippen molar-refractivity contribution in [1.82, 2.24) is 10.3 Å². The first kappa shape index (κ1) is 16.0. The Morgan fingerprint density at radius 1 is 1.24 bits per heavy atom. The second-order valence-electron chi connectivity index (χ2n) is 5.21. The molecule has 0 bridgehead atoms. The first-order chi connectivity index (χ1) is 10.1. The van der Waals surface area contributed by atoms with Crippen molar-refractivity contribution in [2.24, 2.45) is 0 Å². The molecule has 1 heterocycles. The maximum absolute atomic E-state index is 4.48. The van der Waals surface area contributed by atoms with Crippen molar-refractivity contribution in [1.29, 1.82) is 0 Å². The van der Waals surface area contributed by atoms with Crippen LogP contribution >= 0.6 is 15.9 Å². The molecule has 0 aliphatic heterocycles. The lowest BCUT2D eigenvalue weighted by atomic mass is 10.1. The Labute approximate surface area is 135 Å². The lowest BCUT2D eigenvalue weighted by molar-refractivity contribution is 0.597. The van der Waals surface area contributed by atoms with Gasteiger partial charge >= 0.3 is 0 Å². The topological polar surface area (TPSA) is 28.2 Å². The summed E-state index contributed by atoms with van der Waals surface area (Å²) in [7, 11) is 2.08. The van der Waals surface area contributed by atoms with Crippen molar-refractivity contribution in [3.63, 3.8) is 0 Å². The molecule has 0 radical (unpaired) electrons. The Morgan fingerprint density at radius 3 is 2.62 bits per heavy atom. The van der Waals surface area contributed by atoms with Crippen LogP contribution in [0.3, 0.4) is 0 Å². The van der Waals surface area contributed by atoms with E-state index in [0.29, 0.717) is 6.04 Å². The van der Waals surface area contributed by atoms with Gasteiger partial charge in [0.05, 0.1) is 0 Å². The molecular weight excluding hydrogens is 326 g/mol. The van der Waals surface area contributed by atoms with Gasteiger partial charge in [-0.15, -0.1) is 0 Å². The van der Waals surface area contributed by atoms with E-state index >= 15 is 0 Å². The molecule has 112 valence electrons. The lowest BCUT2D eigenvalue weighted by Crippen LogP contribution is -2.20. The highest BCUT2D eigenvalue weighted by Crippen LogP contribution is 2.19. The van der Waals surface area contributed by atoms with Crippen molar-refractivity contribution in [2.45, 2.75) is 26.4 Å².